The Morgan fingerprint density at radius 2 is 2.31 bits per heavy atom. The molecule has 1 aliphatic heterocycles. The van der Waals surface area contributed by atoms with Gasteiger partial charge < -0.3 is 9.47 Å². The highest BCUT2D eigenvalue weighted by Gasteiger charge is 2.18. The summed E-state index contributed by atoms with van der Waals surface area (Å²) in [5, 5.41) is 4.47. The lowest BCUT2D eigenvalue weighted by Crippen LogP contribution is -2.29. The van der Waals surface area contributed by atoms with Crippen LogP contribution in [0.4, 0.5) is 0 Å². The molecule has 0 aliphatic carbocycles. The average molecular weight is 390 g/mol. The number of nitrogens with zero attached hydrogens (tertiary/aromatic N) is 2. The minimum absolute atomic E-state index is 0.0349. The van der Waals surface area contributed by atoms with Crippen LogP contribution in [0.1, 0.15) is 19.3 Å². The van der Waals surface area contributed by atoms with Crippen LogP contribution in [0.5, 0.6) is 0 Å². The van der Waals surface area contributed by atoms with Crippen LogP contribution in [0.2, 0.25) is 0 Å². The van der Waals surface area contributed by atoms with Crippen LogP contribution in [-0.4, -0.2) is 34.8 Å². The predicted molar refractivity (Wildman–Crippen MR) is 102 cm³/mol. The summed E-state index contributed by atoms with van der Waals surface area (Å²) >= 11 is 3.01. The molecule has 6 nitrogen and oxygen atoms in total. The molecule has 4 rings (SSSR count). The maximum absolute atomic E-state index is 12.8. The first-order chi connectivity index (χ1) is 12.7. The summed E-state index contributed by atoms with van der Waals surface area (Å²) in [5.41, 5.74) is 0.654. The van der Waals surface area contributed by atoms with Crippen molar-refractivity contribution in [3.63, 3.8) is 0 Å². The number of carbonyl (C=O) groups excluding carboxylic acids is 1. The van der Waals surface area contributed by atoms with Gasteiger partial charge in [0.1, 0.15) is 18.0 Å². The summed E-state index contributed by atoms with van der Waals surface area (Å²) in [6.45, 7) is 0.808. The number of thiophene rings is 2. The lowest BCUT2D eigenvalue weighted by Gasteiger charge is -2.22. The second-order valence-corrected chi connectivity index (χ2v) is 7.96. The zero-order valence-corrected chi connectivity index (χ0v) is 15.7. The van der Waals surface area contributed by atoms with Crippen molar-refractivity contribution < 1.29 is 14.3 Å². The molecule has 1 saturated heterocycles. The SMILES string of the molecule is O=C(Cn1cnc2scc(-c3cccs3)c2c1=O)OCC1CCCCO1. The van der Waals surface area contributed by atoms with Gasteiger partial charge in [-0.1, -0.05) is 6.07 Å². The van der Waals surface area contributed by atoms with Crippen LogP contribution < -0.4 is 5.56 Å². The van der Waals surface area contributed by atoms with E-state index in [1.54, 1.807) is 11.3 Å². The highest BCUT2D eigenvalue weighted by molar-refractivity contribution is 7.18. The van der Waals surface area contributed by atoms with E-state index in [0.29, 0.717) is 16.8 Å². The third-order valence-electron chi connectivity index (χ3n) is 4.35. The largest absolute Gasteiger partial charge is 0.462 e. The van der Waals surface area contributed by atoms with Crippen molar-refractivity contribution in [1.82, 2.24) is 9.55 Å². The van der Waals surface area contributed by atoms with Crippen molar-refractivity contribution in [3.05, 3.63) is 39.6 Å². The Kier molecular flexibility index (Phi) is 5.14. The van der Waals surface area contributed by atoms with E-state index in [4.69, 9.17) is 9.47 Å². The molecule has 1 fully saturated rings. The van der Waals surface area contributed by atoms with Crippen molar-refractivity contribution in [3.8, 4) is 10.4 Å². The third-order valence-corrected chi connectivity index (χ3v) is 6.14. The molecule has 0 N–H and O–H groups in total. The zero-order chi connectivity index (χ0) is 17.9. The molecule has 0 saturated carbocycles. The molecule has 0 amide bonds. The van der Waals surface area contributed by atoms with E-state index in [-0.39, 0.29) is 24.8 Å². The number of hydrogen-bond donors (Lipinski definition) is 0. The number of esters is 1. The van der Waals surface area contributed by atoms with Gasteiger partial charge in [-0.25, -0.2) is 4.98 Å². The average Bonchev–Trinajstić information content (AvgIpc) is 3.32. The van der Waals surface area contributed by atoms with Crippen molar-refractivity contribution >= 4 is 38.9 Å². The van der Waals surface area contributed by atoms with Gasteiger partial charge in [-0.15, -0.1) is 22.7 Å². The molecule has 0 bridgehead atoms. The molecule has 1 aliphatic rings. The topological polar surface area (TPSA) is 70.4 Å². The molecule has 136 valence electrons. The highest BCUT2D eigenvalue weighted by atomic mass is 32.1. The van der Waals surface area contributed by atoms with E-state index in [2.05, 4.69) is 4.98 Å². The van der Waals surface area contributed by atoms with Crippen molar-refractivity contribution in [2.75, 3.05) is 13.2 Å². The lowest BCUT2D eigenvalue weighted by atomic mass is 10.1. The van der Waals surface area contributed by atoms with E-state index < -0.39 is 5.97 Å². The van der Waals surface area contributed by atoms with Gasteiger partial charge in [0.05, 0.1) is 17.8 Å². The summed E-state index contributed by atoms with van der Waals surface area (Å²) in [5.74, 6) is -0.449. The number of fused-ring (bicyclic) bond motifs is 1. The van der Waals surface area contributed by atoms with Crippen LogP contribution >= 0.6 is 22.7 Å². The highest BCUT2D eigenvalue weighted by Crippen LogP contribution is 2.33. The number of rotatable bonds is 5. The summed E-state index contributed by atoms with van der Waals surface area (Å²) in [7, 11) is 0. The summed E-state index contributed by atoms with van der Waals surface area (Å²) in [6, 6.07) is 3.92. The number of ether oxygens (including phenoxy) is 2. The minimum Gasteiger partial charge on any atom is -0.462 e. The van der Waals surface area contributed by atoms with E-state index in [1.165, 1.54) is 22.2 Å². The number of hydrogen-bond acceptors (Lipinski definition) is 7. The first kappa shape index (κ1) is 17.4. The van der Waals surface area contributed by atoms with E-state index in [0.717, 1.165) is 29.7 Å². The first-order valence-corrected chi connectivity index (χ1v) is 10.3. The van der Waals surface area contributed by atoms with Crippen LogP contribution in [0.15, 0.2) is 34.0 Å². The zero-order valence-electron chi connectivity index (χ0n) is 14.1. The molecular weight excluding hydrogens is 372 g/mol. The third kappa shape index (κ3) is 3.58. The Labute approximate surface area is 158 Å². The van der Waals surface area contributed by atoms with Gasteiger partial charge >= 0.3 is 5.97 Å². The van der Waals surface area contributed by atoms with E-state index in [9.17, 15) is 9.59 Å². The van der Waals surface area contributed by atoms with Crippen LogP contribution in [0.25, 0.3) is 20.7 Å². The fraction of sp³-hybridized carbons (Fsp3) is 0.389. The van der Waals surface area contributed by atoms with Crippen LogP contribution in [0, 0.1) is 0 Å². The summed E-state index contributed by atoms with van der Waals surface area (Å²) < 4.78 is 12.2. The minimum atomic E-state index is -0.449. The van der Waals surface area contributed by atoms with Crippen molar-refractivity contribution in [2.45, 2.75) is 31.9 Å². The summed E-state index contributed by atoms with van der Waals surface area (Å²) in [4.78, 5) is 31.0. The van der Waals surface area contributed by atoms with Crippen molar-refractivity contribution in [2.24, 2.45) is 0 Å². The van der Waals surface area contributed by atoms with Gasteiger partial charge in [-0.05, 0) is 30.7 Å². The molecule has 0 radical (unpaired) electrons. The van der Waals surface area contributed by atoms with Crippen LogP contribution in [-0.2, 0) is 20.8 Å². The molecule has 0 aromatic carbocycles. The molecule has 3 aromatic heterocycles. The summed E-state index contributed by atoms with van der Waals surface area (Å²) in [6.07, 6.45) is 4.43. The Morgan fingerprint density at radius 1 is 1.38 bits per heavy atom. The molecule has 3 aromatic rings. The Hall–Kier alpha value is -2.03. The monoisotopic (exact) mass is 390 g/mol. The van der Waals surface area contributed by atoms with Gasteiger partial charge in [-0.3, -0.25) is 14.2 Å². The molecule has 1 atom stereocenters. The molecule has 1 unspecified atom stereocenters. The molecule has 8 heteroatoms. The van der Waals surface area contributed by atoms with E-state index in [1.807, 2.05) is 22.9 Å². The Bertz CT molecular complexity index is 955. The molecule has 26 heavy (non-hydrogen) atoms. The maximum atomic E-state index is 12.8. The molecule has 4 heterocycles. The maximum Gasteiger partial charge on any atom is 0.326 e. The van der Waals surface area contributed by atoms with E-state index >= 15 is 0 Å². The van der Waals surface area contributed by atoms with Gasteiger partial charge in [0.25, 0.3) is 5.56 Å². The van der Waals surface area contributed by atoms with Gasteiger partial charge in [0.15, 0.2) is 0 Å². The lowest BCUT2D eigenvalue weighted by molar-refractivity contribution is -0.149. The van der Waals surface area contributed by atoms with Gasteiger partial charge in [0, 0.05) is 22.4 Å². The normalized spacial score (nSPS) is 17.5. The fourth-order valence-corrected chi connectivity index (χ4v) is 4.72. The Balaban J connectivity index is 1.51. The number of aromatic nitrogens is 2. The predicted octanol–water partition coefficient (Wildman–Crippen LogP) is 3.30. The quantitative estimate of drug-likeness (QED) is 0.625. The molecular formula is C18H18N2O4S2. The second-order valence-electron chi connectivity index (χ2n) is 6.16. The van der Waals surface area contributed by atoms with Gasteiger partial charge in [0.2, 0.25) is 0 Å². The van der Waals surface area contributed by atoms with Gasteiger partial charge in [-0.2, -0.15) is 0 Å². The molecule has 0 spiro atoms. The fourth-order valence-electron chi connectivity index (χ4n) is 3.00. The first-order valence-electron chi connectivity index (χ1n) is 8.50. The van der Waals surface area contributed by atoms with Crippen molar-refractivity contribution in [1.29, 1.82) is 0 Å². The smallest absolute Gasteiger partial charge is 0.326 e. The van der Waals surface area contributed by atoms with Crippen LogP contribution in [0.3, 0.4) is 0 Å². The second kappa shape index (κ2) is 7.69. The Morgan fingerprint density at radius 3 is 3.08 bits per heavy atom. The number of carbonyl (C=O) groups is 1. The standard InChI is InChI=1S/C18H18N2O4S2/c21-15(24-9-12-4-1-2-6-23-12)8-20-11-19-17-16(18(20)22)13(10-26-17)14-5-3-7-25-14/h3,5,7,10-12H,1-2,4,6,8-9H2.